The maximum absolute atomic E-state index is 8.23. The summed E-state index contributed by atoms with van der Waals surface area (Å²) >= 11 is 0. The van der Waals surface area contributed by atoms with Gasteiger partial charge in [0.2, 0.25) is 6.26 Å². The highest BCUT2D eigenvalue weighted by atomic mass is 16.5. The lowest BCUT2D eigenvalue weighted by atomic mass is 10.9. The zero-order valence-corrected chi connectivity index (χ0v) is 3.25. The fourth-order valence-corrected chi connectivity index (χ4v) is 0.228. The van der Waals surface area contributed by atoms with E-state index in [9.17, 15) is 0 Å². The van der Waals surface area contributed by atoms with Crippen molar-refractivity contribution in [2.24, 2.45) is 0 Å². The van der Waals surface area contributed by atoms with Crippen molar-refractivity contribution in [3.05, 3.63) is 6.26 Å². The van der Waals surface area contributed by atoms with Gasteiger partial charge in [0.25, 0.3) is 5.88 Å². The minimum atomic E-state index is -0.572. The van der Waals surface area contributed by atoms with Gasteiger partial charge in [-0.2, -0.15) is 0 Å². The fourth-order valence-electron chi connectivity index (χ4n) is 0.228. The van der Waals surface area contributed by atoms with Crippen molar-refractivity contribution < 1.29 is 14.6 Å². The van der Waals surface area contributed by atoms with Crippen LogP contribution >= 0.6 is 0 Å². The van der Waals surface area contributed by atoms with E-state index in [1.165, 1.54) is 0 Å². The first kappa shape index (κ1) is 3.98. The highest BCUT2D eigenvalue weighted by molar-refractivity contribution is 4.99. The molecule has 0 aromatic carbocycles. The topological polar surface area (TPSA) is 66.5 Å². The van der Waals surface area contributed by atoms with Crippen LogP contribution in [0.3, 0.4) is 0 Å². The molecule has 0 bridgehead atoms. The predicted molar refractivity (Wildman–Crippen MR) is 18.7 cm³/mol. The number of hydrogen-bond donors (Lipinski definition) is 2. The molecular formula is C3H2NO3. The van der Waals surface area contributed by atoms with Crippen LogP contribution < -0.4 is 0 Å². The van der Waals surface area contributed by atoms with Gasteiger partial charge in [-0.15, -0.1) is 4.98 Å². The van der Waals surface area contributed by atoms with E-state index in [0.717, 1.165) is 0 Å². The molecule has 1 rings (SSSR count). The highest BCUT2D eigenvalue weighted by Crippen LogP contribution is 2.10. The molecule has 0 fully saturated rings. The standard InChI is InChI=1S/C3H2NO3/c5-2-1-7-3(6)4-2/h5H,(H,4,6). The van der Waals surface area contributed by atoms with Crippen molar-refractivity contribution >= 4 is 0 Å². The normalized spacial score (nSPS) is 9.14. The summed E-state index contributed by atoms with van der Waals surface area (Å²) in [6.45, 7) is 0. The number of oxazole rings is 1. The summed E-state index contributed by atoms with van der Waals surface area (Å²) in [6, 6.07) is 0. The van der Waals surface area contributed by atoms with Crippen LogP contribution in [0.15, 0.2) is 4.42 Å². The van der Waals surface area contributed by atoms with Crippen LogP contribution in [0.5, 0.6) is 12.0 Å². The molecule has 37 valence electrons. The van der Waals surface area contributed by atoms with Gasteiger partial charge in [-0.1, -0.05) is 0 Å². The maximum Gasteiger partial charge on any atom is 0.395 e. The van der Waals surface area contributed by atoms with Gasteiger partial charge in [0.1, 0.15) is 0 Å². The minimum absolute atomic E-state index is 0.433. The minimum Gasteiger partial charge on any atom is -0.490 e. The van der Waals surface area contributed by atoms with Crippen molar-refractivity contribution in [3.8, 4) is 12.0 Å². The fraction of sp³-hybridized carbons (Fsp3) is 0. The van der Waals surface area contributed by atoms with Gasteiger partial charge < -0.3 is 14.6 Å². The zero-order chi connectivity index (χ0) is 5.28. The van der Waals surface area contributed by atoms with Gasteiger partial charge in [-0.25, -0.2) is 0 Å². The maximum atomic E-state index is 8.23. The van der Waals surface area contributed by atoms with E-state index >= 15 is 0 Å². The second-order valence-corrected chi connectivity index (χ2v) is 0.922. The molecule has 0 unspecified atom stereocenters. The Labute approximate surface area is 39.0 Å². The summed E-state index contributed by atoms with van der Waals surface area (Å²) in [7, 11) is 0. The summed E-state index contributed by atoms with van der Waals surface area (Å²) in [6.07, 6.45) is 1.32. The first-order chi connectivity index (χ1) is 3.29. The van der Waals surface area contributed by atoms with E-state index in [0.29, 0.717) is 0 Å². The highest BCUT2D eigenvalue weighted by Gasteiger charge is 1.95. The van der Waals surface area contributed by atoms with Crippen LogP contribution in [0.2, 0.25) is 0 Å². The second kappa shape index (κ2) is 1.14. The number of aromatic nitrogens is 1. The van der Waals surface area contributed by atoms with E-state index in [-0.39, 0.29) is 0 Å². The van der Waals surface area contributed by atoms with Crippen molar-refractivity contribution in [2.45, 2.75) is 0 Å². The largest absolute Gasteiger partial charge is 0.490 e. The monoisotopic (exact) mass is 100 g/mol. The lowest BCUT2D eigenvalue weighted by molar-refractivity contribution is 0.313. The average molecular weight is 100 g/mol. The lowest BCUT2D eigenvalue weighted by Gasteiger charge is -1.67. The molecule has 2 N–H and O–H groups in total. The molecule has 7 heavy (non-hydrogen) atoms. The van der Waals surface area contributed by atoms with Crippen LogP contribution in [-0.2, 0) is 0 Å². The van der Waals surface area contributed by atoms with E-state index in [1.807, 2.05) is 6.26 Å². The first-order valence-electron chi connectivity index (χ1n) is 1.55. The van der Waals surface area contributed by atoms with Gasteiger partial charge in [0.05, 0.1) is 0 Å². The molecule has 0 atom stereocenters. The molecule has 4 heteroatoms. The molecule has 0 amide bonds. The van der Waals surface area contributed by atoms with Crippen molar-refractivity contribution in [1.82, 2.24) is 4.98 Å². The third kappa shape index (κ3) is 0.623. The molecular weight excluding hydrogens is 98.0 g/mol. The summed E-state index contributed by atoms with van der Waals surface area (Å²) < 4.78 is 4.03. The smallest absolute Gasteiger partial charge is 0.395 e. The van der Waals surface area contributed by atoms with Crippen LogP contribution in [0.4, 0.5) is 0 Å². The molecule has 1 heterocycles. The molecule has 1 aromatic heterocycles. The Bertz CT molecular complexity index is 142. The number of aromatic hydroxyl groups is 2. The van der Waals surface area contributed by atoms with Crippen LogP contribution in [-0.4, -0.2) is 15.2 Å². The summed E-state index contributed by atoms with van der Waals surface area (Å²) in [5.41, 5.74) is 0. The molecule has 0 aliphatic carbocycles. The molecule has 0 aliphatic rings. The average Bonchev–Trinajstić information content (AvgIpc) is 1.87. The predicted octanol–water partition coefficient (Wildman–Crippen LogP) is -0.114. The third-order valence-electron chi connectivity index (χ3n) is 0.435. The Hall–Kier alpha value is -1.19. The van der Waals surface area contributed by atoms with Crippen LogP contribution in [0.25, 0.3) is 0 Å². The van der Waals surface area contributed by atoms with Gasteiger partial charge in [-0.3, -0.25) is 0 Å². The van der Waals surface area contributed by atoms with E-state index < -0.39 is 12.0 Å². The molecule has 0 aliphatic heterocycles. The molecule has 1 radical (unpaired) electrons. The van der Waals surface area contributed by atoms with E-state index in [2.05, 4.69) is 9.40 Å². The molecule has 0 spiro atoms. The summed E-state index contributed by atoms with van der Waals surface area (Å²) in [5.74, 6) is -0.433. The molecule has 1 aromatic rings. The summed E-state index contributed by atoms with van der Waals surface area (Å²) in [5, 5.41) is 16.4. The van der Waals surface area contributed by atoms with E-state index in [4.69, 9.17) is 10.2 Å². The zero-order valence-electron chi connectivity index (χ0n) is 3.25. The Morgan fingerprint density at radius 3 is 2.43 bits per heavy atom. The van der Waals surface area contributed by atoms with Gasteiger partial charge >= 0.3 is 6.08 Å². The number of nitrogens with zero attached hydrogens (tertiary/aromatic N) is 1. The Morgan fingerprint density at radius 2 is 2.29 bits per heavy atom. The van der Waals surface area contributed by atoms with Gasteiger partial charge in [0.15, 0.2) is 0 Å². The lowest BCUT2D eigenvalue weighted by Crippen LogP contribution is -1.57. The van der Waals surface area contributed by atoms with Crippen LogP contribution in [0, 0.1) is 6.26 Å². The first-order valence-corrected chi connectivity index (χ1v) is 1.55. The van der Waals surface area contributed by atoms with Crippen LogP contribution in [0.1, 0.15) is 0 Å². The SMILES string of the molecule is Oc1[c]oc(O)n1. The van der Waals surface area contributed by atoms with Crippen molar-refractivity contribution in [1.29, 1.82) is 0 Å². The van der Waals surface area contributed by atoms with Gasteiger partial charge in [-0.05, 0) is 0 Å². The van der Waals surface area contributed by atoms with E-state index in [1.54, 1.807) is 0 Å². The second-order valence-electron chi connectivity index (χ2n) is 0.922. The Kier molecular flexibility index (Phi) is 0.651. The Morgan fingerprint density at radius 1 is 1.57 bits per heavy atom. The quantitative estimate of drug-likeness (QED) is 0.477. The molecule has 4 nitrogen and oxygen atoms in total. The third-order valence-corrected chi connectivity index (χ3v) is 0.435. The van der Waals surface area contributed by atoms with Crippen molar-refractivity contribution in [3.63, 3.8) is 0 Å². The molecule has 0 saturated carbocycles. The summed E-state index contributed by atoms with van der Waals surface area (Å²) in [4.78, 5) is 3.00. The number of rotatable bonds is 0. The Balaban J connectivity index is 3.04. The van der Waals surface area contributed by atoms with Crippen molar-refractivity contribution in [2.75, 3.05) is 0 Å². The van der Waals surface area contributed by atoms with Gasteiger partial charge in [0, 0.05) is 0 Å². The molecule has 0 saturated heterocycles. The number of hydrogen-bond acceptors (Lipinski definition) is 4.